The molecule has 0 fully saturated rings. The van der Waals surface area contributed by atoms with Gasteiger partial charge in [0.2, 0.25) is 0 Å². The van der Waals surface area contributed by atoms with Gasteiger partial charge in [-0.1, -0.05) is 46.6 Å². The van der Waals surface area contributed by atoms with Crippen LogP contribution in [0.4, 0.5) is 5.69 Å². The van der Waals surface area contributed by atoms with Gasteiger partial charge in [0.1, 0.15) is 0 Å². The van der Waals surface area contributed by atoms with Gasteiger partial charge in [-0.2, -0.15) is 0 Å². The molecular formula is C16H18ClN3O. The maximum atomic E-state index is 8.68. The van der Waals surface area contributed by atoms with E-state index in [9.17, 15) is 0 Å². The molecular weight excluding hydrogens is 286 g/mol. The van der Waals surface area contributed by atoms with E-state index in [-0.39, 0.29) is 5.84 Å². The first-order valence-electron chi connectivity index (χ1n) is 6.55. The van der Waals surface area contributed by atoms with Crippen LogP contribution in [0.25, 0.3) is 0 Å². The molecule has 0 aliphatic carbocycles. The fraction of sp³-hybridized carbons (Fsp3) is 0.188. The number of aryl methyl sites for hydroxylation is 1. The molecule has 0 aliphatic rings. The molecule has 2 rings (SSSR count). The number of nitrogens with two attached hydrogens (primary N) is 1. The Balaban J connectivity index is 2.18. The van der Waals surface area contributed by atoms with Crippen molar-refractivity contribution in [3.05, 3.63) is 64.2 Å². The maximum Gasteiger partial charge on any atom is 0.170 e. The first-order valence-corrected chi connectivity index (χ1v) is 6.93. The summed E-state index contributed by atoms with van der Waals surface area (Å²) in [5.41, 5.74) is 9.48. The van der Waals surface area contributed by atoms with Crippen molar-refractivity contribution < 1.29 is 5.21 Å². The van der Waals surface area contributed by atoms with Crippen LogP contribution in [-0.4, -0.2) is 18.1 Å². The molecule has 3 N–H and O–H groups in total. The van der Waals surface area contributed by atoms with Gasteiger partial charge in [-0.3, -0.25) is 0 Å². The first-order chi connectivity index (χ1) is 10.0. The van der Waals surface area contributed by atoms with Crippen LogP contribution >= 0.6 is 11.6 Å². The molecule has 0 radical (unpaired) electrons. The third-order valence-electron chi connectivity index (χ3n) is 3.34. The normalized spacial score (nSPS) is 11.5. The van der Waals surface area contributed by atoms with Crippen molar-refractivity contribution in [2.75, 3.05) is 11.9 Å². The molecule has 4 nitrogen and oxygen atoms in total. The van der Waals surface area contributed by atoms with Crippen molar-refractivity contribution in [2.24, 2.45) is 10.9 Å². The van der Waals surface area contributed by atoms with E-state index in [1.54, 1.807) is 12.1 Å². The summed E-state index contributed by atoms with van der Waals surface area (Å²) in [5.74, 6) is 0.0512. The van der Waals surface area contributed by atoms with Gasteiger partial charge < -0.3 is 15.8 Å². The SMILES string of the molecule is Cc1ccc(N(C)Cc2ccc(/C(N)=N/O)cc2Cl)cc1. The highest BCUT2D eigenvalue weighted by Gasteiger charge is 2.08. The molecule has 0 saturated carbocycles. The van der Waals surface area contributed by atoms with Crippen LogP contribution in [0.15, 0.2) is 47.6 Å². The van der Waals surface area contributed by atoms with Crippen molar-refractivity contribution >= 4 is 23.1 Å². The van der Waals surface area contributed by atoms with E-state index in [1.165, 1.54) is 5.56 Å². The lowest BCUT2D eigenvalue weighted by molar-refractivity contribution is 0.318. The summed E-state index contributed by atoms with van der Waals surface area (Å²) in [7, 11) is 2.01. The molecule has 0 heterocycles. The van der Waals surface area contributed by atoms with Crippen molar-refractivity contribution in [1.29, 1.82) is 0 Å². The Morgan fingerprint density at radius 2 is 1.90 bits per heavy atom. The number of rotatable bonds is 4. The molecule has 0 bridgehead atoms. The summed E-state index contributed by atoms with van der Waals surface area (Å²) in [6.45, 7) is 2.74. The Bertz CT molecular complexity index is 653. The Kier molecular flexibility index (Phi) is 4.70. The topological polar surface area (TPSA) is 61.8 Å². The number of hydrogen-bond acceptors (Lipinski definition) is 3. The molecule has 0 aliphatic heterocycles. The average molecular weight is 304 g/mol. The van der Waals surface area contributed by atoms with Crippen molar-refractivity contribution in [1.82, 2.24) is 0 Å². The molecule has 0 spiro atoms. The standard InChI is InChI=1S/C16H18ClN3O/c1-11-3-7-14(8-4-11)20(2)10-13-6-5-12(9-15(13)17)16(18)19-21/h3-9,21H,10H2,1-2H3,(H2,18,19). The molecule has 110 valence electrons. The van der Waals surface area contributed by atoms with E-state index in [1.807, 2.05) is 13.1 Å². The largest absolute Gasteiger partial charge is 0.409 e. The van der Waals surface area contributed by atoms with Crippen LogP contribution < -0.4 is 10.6 Å². The van der Waals surface area contributed by atoms with E-state index in [0.717, 1.165) is 11.3 Å². The summed E-state index contributed by atoms with van der Waals surface area (Å²) >= 11 is 6.27. The van der Waals surface area contributed by atoms with Crippen molar-refractivity contribution in [3.63, 3.8) is 0 Å². The molecule has 0 unspecified atom stereocenters. The molecule has 5 heteroatoms. The summed E-state index contributed by atoms with van der Waals surface area (Å²) in [5, 5.41) is 12.2. The van der Waals surface area contributed by atoms with Gasteiger partial charge in [0.15, 0.2) is 5.84 Å². The number of amidine groups is 1. The minimum atomic E-state index is 0.0512. The van der Waals surface area contributed by atoms with E-state index in [2.05, 4.69) is 41.2 Å². The minimum absolute atomic E-state index is 0.0512. The van der Waals surface area contributed by atoms with E-state index >= 15 is 0 Å². The third-order valence-corrected chi connectivity index (χ3v) is 3.69. The Morgan fingerprint density at radius 3 is 2.48 bits per heavy atom. The Morgan fingerprint density at radius 1 is 1.24 bits per heavy atom. The van der Waals surface area contributed by atoms with Crippen molar-refractivity contribution in [2.45, 2.75) is 13.5 Å². The highest BCUT2D eigenvalue weighted by molar-refractivity contribution is 6.31. The lowest BCUT2D eigenvalue weighted by atomic mass is 10.1. The first kappa shape index (κ1) is 15.2. The highest BCUT2D eigenvalue weighted by atomic mass is 35.5. The number of halogens is 1. The summed E-state index contributed by atoms with van der Waals surface area (Å²) in [6, 6.07) is 13.7. The monoisotopic (exact) mass is 303 g/mol. The molecule has 2 aromatic carbocycles. The number of nitrogens with zero attached hydrogens (tertiary/aromatic N) is 2. The molecule has 0 amide bonds. The van der Waals surface area contributed by atoms with Gasteiger partial charge in [0.25, 0.3) is 0 Å². The third kappa shape index (κ3) is 3.67. The van der Waals surface area contributed by atoms with E-state index in [4.69, 9.17) is 22.5 Å². The van der Waals surface area contributed by atoms with Crippen LogP contribution in [0.5, 0.6) is 0 Å². The quantitative estimate of drug-likeness (QED) is 0.394. The predicted octanol–water partition coefficient (Wildman–Crippen LogP) is 3.38. The van der Waals surface area contributed by atoms with Crippen LogP contribution in [0, 0.1) is 6.92 Å². The maximum absolute atomic E-state index is 8.68. The molecule has 2 aromatic rings. The van der Waals surface area contributed by atoms with Gasteiger partial charge in [0.05, 0.1) is 0 Å². The lowest BCUT2D eigenvalue weighted by Crippen LogP contribution is -2.17. The van der Waals surface area contributed by atoms with Crippen LogP contribution in [0.1, 0.15) is 16.7 Å². The van der Waals surface area contributed by atoms with Crippen LogP contribution in [0.3, 0.4) is 0 Å². The number of benzene rings is 2. The zero-order valence-electron chi connectivity index (χ0n) is 12.0. The van der Waals surface area contributed by atoms with Gasteiger partial charge in [0, 0.05) is 29.9 Å². The minimum Gasteiger partial charge on any atom is -0.409 e. The van der Waals surface area contributed by atoms with Crippen LogP contribution in [0.2, 0.25) is 5.02 Å². The van der Waals surface area contributed by atoms with Gasteiger partial charge in [-0.15, -0.1) is 0 Å². The Hall–Kier alpha value is -2.20. The summed E-state index contributed by atoms with van der Waals surface area (Å²) < 4.78 is 0. The second-order valence-corrected chi connectivity index (χ2v) is 5.39. The second kappa shape index (κ2) is 6.50. The van der Waals surface area contributed by atoms with E-state index in [0.29, 0.717) is 17.1 Å². The number of hydrogen-bond donors (Lipinski definition) is 2. The fourth-order valence-corrected chi connectivity index (χ4v) is 2.28. The average Bonchev–Trinajstić information content (AvgIpc) is 2.49. The van der Waals surface area contributed by atoms with Crippen molar-refractivity contribution in [3.8, 4) is 0 Å². The summed E-state index contributed by atoms with van der Waals surface area (Å²) in [6.07, 6.45) is 0. The number of anilines is 1. The predicted molar refractivity (Wildman–Crippen MR) is 87.2 cm³/mol. The molecule has 21 heavy (non-hydrogen) atoms. The van der Waals surface area contributed by atoms with Gasteiger partial charge >= 0.3 is 0 Å². The zero-order valence-corrected chi connectivity index (χ0v) is 12.8. The zero-order chi connectivity index (χ0) is 15.4. The number of oxime groups is 1. The molecule has 0 aromatic heterocycles. The van der Waals surface area contributed by atoms with Crippen LogP contribution in [-0.2, 0) is 6.54 Å². The highest BCUT2D eigenvalue weighted by Crippen LogP contribution is 2.22. The fourth-order valence-electron chi connectivity index (χ4n) is 2.04. The van der Waals surface area contributed by atoms with Gasteiger partial charge in [-0.05, 0) is 30.7 Å². The Labute approximate surface area is 129 Å². The molecule has 0 saturated heterocycles. The smallest absolute Gasteiger partial charge is 0.170 e. The van der Waals surface area contributed by atoms with Gasteiger partial charge in [-0.25, -0.2) is 0 Å². The lowest BCUT2D eigenvalue weighted by Gasteiger charge is -2.20. The van der Waals surface area contributed by atoms with E-state index < -0.39 is 0 Å². The molecule has 0 atom stereocenters. The second-order valence-electron chi connectivity index (χ2n) is 4.98. The summed E-state index contributed by atoms with van der Waals surface area (Å²) in [4.78, 5) is 2.11.